The zero-order valence-corrected chi connectivity index (χ0v) is 17.8. The van der Waals surface area contributed by atoms with E-state index in [0.29, 0.717) is 55.4 Å². The average molecular weight is 442 g/mol. The van der Waals surface area contributed by atoms with Crippen LogP contribution in [0.1, 0.15) is 31.0 Å². The number of ether oxygens (including phenoxy) is 3. The van der Waals surface area contributed by atoms with Gasteiger partial charge in [-0.3, -0.25) is 10.0 Å². The topological polar surface area (TPSA) is 155 Å². The van der Waals surface area contributed by atoms with Crippen LogP contribution in [0.3, 0.4) is 0 Å². The molecule has 0 bridgehead atoms. The molecule has 1 aromatic carbocycles. The number of halogens is 1. The second-order valence-corrected chi connectivity index (χ2v) is 6.16. The molecular weight excluding hydrogens is 414 g/mol. The highest BCUT2D eigenvalue weighted by molar-refractivity contribution is 5.85. The van der Waals surface area contributed by atoms with Crippen molar-refractivity contribution in [2.24, 2.45) is 0 Å². The van der Waals surface area contributed by atoms with Gasteiger partial charge in [0.1, 0.15) is 11.5 Å². The summed E-state index contributed by atoms with van der Waals surface area (Å²) in [5, 5.41) is 8.64. The maximum absolute atomic E-state index is 11.3. The number of anilines is 2. The summed E-state index contributed by atoms with van der Waals surface area (Å²) >= 11 is 0. The third-order valence-electron chi connectivity index (χ3n) is 4.13. The molecule has 0 aliphatic rings. The largest absolute Gasteiger partial charge is 0.497 e. The summed E-state index contributed by atoms with van der Waals surface area (Å²) < 4.78 is 16.8. The van der Waals surface area contributed by atoms with Gasteiger partial charge in [0, 0.05) is 18.9 Å². The molecule has 1 heterocycles. The van der Waals surface area contributed by atoms with Gasteiger partial charge in [-0.05, 0) is 24.5 Å². The van der Waals surface area contributed by atoms with Crippen LogP contribution in [-0.4, -0.2) is 41.4 Å². The number of nitrogen functional groups attached to an aromatic ring is 2. The van der Waals surface area contributed by atoms with Crippen molar-refractivity contribution in [1.82, 2.24) is 15.4 Å². The molecule has 0 saturated carbocycles. The molecule has 0 spiro atoms. The van der Waals surface area contributed by atoms with Crippen molar-refractivity contribution in [3.63, 3.8) is 0 Å². The van der Waals surface area contributed by atoms with Crippen LogP contribution >= 0.6 is 12.4 Å². The quantitative estimate of drug-likeness (QED) is 0.232. The molecular formula is C19H28ClN5O5. The zero-order chi connectivity index (χ0) is 21.2. The highest BCUT2D eigenvalue weighted by atomic mass is 35.5. The number of nitrogens with one attached hydrogen (secondary N) is 1. The number of rotatable bonds is 11. The van der Waals surface area contributed by atoms with Crippen molar-refractivity contribution < 1.29 is 24.2 Å². The highest BCUT2D eigenvalue weighted by Crippen LogP contribution is 2.27. The second kappa shape index (κ2) is 12.6. The summed E-state index contributed by atoms with van der Waals surface area (Å²) in [5.74, 6) is 1.57. The molecule has 30 heavy (non-hydrogen) atoms. The number of hydrogen-bond acceptors (Lipinski definition) is 9. The molecule has 2 aromatic rings. The fraction of sp³-hybridized carbons (Fsp3) is 0.421. The average Bonchev–Trinajstić information content (AvgIpc) is 2.72. The number of aromatic nitrogens is 2. The van der Waals surface area contributed by atoms with E-state index in [9.17, 15) is 4.79 Å². The highest BCUT2D eigenvalue weighted by Gasteiger charge is 2.12. The Balaban J connectivity index is 0.00000450. The summed E-state index contributed by atoms with van der Waals surface area (Å²) in [7, 11) is 1.57. The molecule has 0 aliphatic carbocycles. The van der Waals surface area contributed by atoms with Gasteiger partial charge in [-0.2, -0.15) is 4.98 Å². The van der Waals surface area contributed by atoms with Gasteiger partial charge in [0.2, 0.25) is 11.9 Å². The predicted octanol–water partition coefficient (Wildman–Crippen LogP) is 1.92. The van der Waals surface area contributed by atoms with E-state index in [1.54, 1.807) is 24.7 Å². The molecule has 11 heteroatoms. The third-order valence-corrected chi connectivity index (χ3v) is 4.13. The van der Waals surface area contributed by atoms with E-state index < -0.39 is 5.91 Å². The molecule has 1 aromatic heterocycles. The van der Waals surface area contributed by atoms with Gasteiger partial charge in [-0.25, -0.2) is 10.5 Å². The normalized spacial score (nSPS) is 10.1. The van der Waals surface area contributed by atoms with Crippen molar-refractivity contribution in [3.05, 3.63) is 29.5 Å². The molecule has 1 amide bonds. The van der Waals surface area contributed by atoms with E-state index in [4.69, 9.17) is 30.9 Å². The molecule has 2 rings (SSSR count). The third kappa shape index (κ3) is 7.12. The summed E-state index contributed by atoms with van der Waals surface area (Å²) in [5.41, 5.74) is 14.6. The number of benzene rings is 1. The lowest BCUT2D eigenvalue weighted by atomic mass is 10.1. The van der Waals surface area contributed by atoms with Crippen LogP contribution < -0.4 is 31.2 Å². The minimum absolute atomic E-state index is 0. The Morgan fingerprint density at radius 1 is 1.20 bits per heavy atom. The van der Waals surface area contributed by atoms with Crippen molar-refractivity contribution in [2.75, 3.05) is 31.8 Å². The van der Waals surface area contributed by atoms with Crippen LogP contribution in [0, 0.1) is 0 Å². The van der Waals surface area contributed by atoms with E-state index in [1.165, 1.54) is 0 Å². The smallest absolute Gasteiger partial charge is 0.243 e. The number of amides is 1. The molecule has 0 atom stereocenters. The Hall–Kier alpha value is -2.98. The van der Waals surface area contributed by atoms with Gasteiger partial charge in [0.25, 0.3) is 0 Å². The SMILES string of the molecule is CCc1nc(N)nc(N)c1OCCCOc1cc(OC)ccc1CCC(=O)NO.Cl. The Kier molecular flexibility index (Phi) is 10.5. The molecule has 0 fully saturated rings. The van der Waals surface area contributed by atoms with Crippen LogP contribution in [0.4, 0.5) is 11.8 Å². The number of carbonyl (C=O) groups excluding carboxylic acids is 1. The first kappa shape index (κ1) is 25.1. The van der Waals surface area contributed by atoms with E-state index in [1.807, 2.05) is 13.0 Å². The van der Waals surface area contributed by atoms with Gasteiger partial charge >= 0.3 is 0 Å². The van der Waals surface area contributed by atoms with Crippen molar-refractivity contribution >= 4 is 30.1 Å². The molecule has 166 valence electrons. The van der Waals surface area contributed by atoms with Crippen molar-refractivity contribution in [2.45, 2.75) is 32.6 Å². The molecule has 0 radical (unpaired) electrons. The van der Waals surface area contributed by atoms with Crippen LogP contribution in [0.2, 0.25) is 0 Å². The van der Waals surface area contributed by atoms with Gasteiger partial charge in [-0.1, -0.05) is 13.0 Å². The first-order valence-corrected chi connectivity index (χ1v) is 9.25. The van der Waals surface area contributed by atoms with E-state index in [-0.39, 0.29) is 30.6 Å². The second-order valence-electron chi connectivity index (χ2n) is 6.16. The fourth-order valence-corrected chi connectivity index (χ4v) is 2.66. The number of nitrogens with two attached hydrogens (primary N) is 2. The number of aryl methyl sites for hydroxylation is 2. The van der Waals surface area contributed by atoms with Gasteiger partial charge in [0.15, 0.2) is 11.6 Å². The maximum Gasteiger partial charge on any atom is 0.243 e. The molecule has 0 aliphatic heterocycles. The van der Waals surface area contributed by atoms with E-state index in [0.717, 1.165) is 5.56 Å². The summed E-state index contributed by atoms with van der Waals surface area (Å²) in [6.07, 6.45) is 1.76. The lowest BCUT2D eigenvalue weighted by molar-refractivity contribution is -0.129. The Morgan fingerprint density at radius 2 is 1.93 bits per heavy atom. The lowest BCUT2D eigenvalue weighted by Gasteiger charge is -2.14. The zero-order valence-electron chi connectivity index (χ0n) is 17.0. The summed E-state index contributed by atoms with van der Waals surface area (Å²) in [6.45, 7) is 2.67. The molecule has 10 nitrogen and oxygen atoms in total. The monoisotopic (exact) mass is 441 g/mol. The number of nitrogens with zero attached hydrogens (tertiary/aromatic N) is 2. The van der Waals surface area contributed by atoms with Gasteiger partial charge in [0.05, 0.1) is 26.0 Å². The summed E-state index contributed by atoms with van der Waals surface area (Å²) in [4.78, 5) is 19.3. The first-order valence-electron chi connectivity index (χ1n) is 9.25. The maximum atomic E-state index is 11.3. The summed E-state index contributed by atoms with van der Waals surface area (Å²) in [6, 6.07) is 5.38. The minimum atomic E-state index is -0.463. The van der Waals surface area contributed by atoms with Crippen LogP contribution in [-0.2, 0) is 17.6 Å². The Labute approximate surface area is 181 Å². The number of methoxy groups -OCH3 is 1. The molecule has 6 N–H and O–H groups in total. The fourth-order valence-electron chi connectivity index (χ4n) is 2.66. The molecule has 0 saturated heterocycles. The lowest BCUT2D eigenvalue weighted by Crippen LogP contribution is -2.19. The minimum Gasteiger partial charge on any atom is -0.497 e. The van der Waals surface area contributed by atoms with Crippen LogP contribution in [0.5, 0.6) is 17.2 Å². The van der Waals surface area contributed by atoms with Crippen molar-refractivity contribution in [1.29, 1.82) is 0 Å². The number of hydrogen-bond donors (Lipinski definition) is 4. The Morgan fingerprint density at radius 3 is 2.60 bits per heavy atom. The van der Waals surface area contributed by atoms with Crippen LogP contribution in [0.25, 0.3) is 0 Å². The van der Waals surface area contributed by atoms with E-state index in [2.05, 4.69) is 9.97 Å². The van der Waals surface area contributed by atoms with Crippen molar-refractivity contribution in [3.8, 4) is 17.2 Å². The molecule has 0 unspecified atom stereocenters. The first-order chi connectivity index (χ1) is 14.0. The van der Waals surface area contributed by atoms with E-state index >= 15 is 0 Å². The number of carbonyl (C=O) groups is 1. The number of hydroxylamine groups is 1. The predicted molar refractivity (Wildman–Crippen MR) is 114 cm³/mol. The standard InChI is InChI=1S/C19H27N5O5.ClH/c1-3-14-17(18(20)23-19(21)22-14)29-10-4-9-28-15-11-13(27-2)7-5-12(15)6-8-16(25)24-26;/h5,7,11,26H,3-4,6,8-10H2,1-2H3,(H,24,25)(H4,20,21,22,23);1H. The van der Waals surface area contributed by atoms with Crippen LogP contribution in [0.15, 0.2) is 18.2 Å². The van der Waals surface area contributed by atoms with Gasteiger partial charge < -0.3 is 25.7 Å². The Bertz CT molecular complexity index is 837. The van der Waals surface area contributed by atoms with Gasteiger partial charge in [-0.15, -0.1) is 12.4 Å².